The molecule has 10 nitrogen and oxygen atoms in total. The van der Waals surface area contributed by atoms with Crippen LogP contribution >= 0.6 is 22.9 Å². The summed E-state index contributed by atoms with van der Waals surface area (Å²) in [4.78, 5) is 62.2. The molecule has 2 aromatic carbocycles. The number of aromatic nitrogens is 2. The molecule has 12 heteroatoms. The normalized spacial score (nSPS) is 28.8. The van der Waals surface area contributed by atoms with Crippen molar-refractivity contribution >= 4 is 62.5 Å². The number of phenols is 1. The van der Waals surface area contributed by atoms with Gasteiger partial charge in [-0.3, -0.25) is 28.8 Å². The van der Waals surface area contributed by atoms with Gasteiger partial charge in [-0.05, 0) is 80.7 Å². The fraction of sp³-hybridized carbons (Fsp3) is 0.439. The molecule has 3 aliphatic carbocycles. The van der Waals surface area contributed by atoms with Crippen molar-refractivity contribution < 1.29 is 29.0 Å². The third-order valence-corrected chi connectivity index (χ3v) is 14.6. The Balaban J connectivity index is 1.16. The Bertz CT molecular complexity index is 2290. The number of phenolic OH excluding ortho intramolecular Hbond substituents is 1. The van der Waals surface area contributed by atoms with E-state index in [9.17, 15) is 19.5 Å². The van der Waals surface area contributed by atoms with Gasteiger partial charge in [0.05, 0.1) is 35.2 Å². The van der Waals surface area contributed by atoms with Gasteiger partial charge < -0.3 is 9.84 Å². The molecule has 1 N–H and O–H groups in total. The molecule has 0 spiro atoms. The minimum absolute atomic E-state index is 0.101. The largest absolute Gasteiger partial charge is 0.504 e. The number of benzene rings is 2. The number of carbonyl (C=O) groups is 4. The quantitative estimate of drug-likeness (QED) is 0.165. The van der Waals surface area contributed by atoms with Crippen LogP contribution in [0.2, 0.25) is 5.02 Å². The van der Waals surface area contributed by atoms with E-state index in [-0.39, 0.29) is 41.7 Å². The fourth-order valence-corrected chi connectivity index (χ4v) is 11.8. The first-order chi connectivity index (χ1) is 25.4. The summed E-state index contributed by atoms with van der Waals surface area (Å²) >= 11 is 7.89. The zero-order valence-electron chi connectivity index (χ0n) is 30.1. The summed E-state index contributed by atoms with van der Waals surface area (Å²) in [6.07, 6.45) is 7.32. The van der Waals surface area contributed by atoms with Gasteiger partial charge in [-0.2, -0.15) is 5.10 Å². The molecule has 6 unspecified atom stereocenters. The number of carbonyl (C=O) groups excluding carboxylic acids is 4. The van der Waals surface area contributed by atoms with Gasteiger partial charge in [0.25, 0.3) is 0 Å². The van der Waals surface area contributed by atoms with E-state index in [1.165, 1.54) is 12.0 Å². The molecule has 4 aromatic rings. The van der Waals surface area contributed by atoms with Crippen molar-refractivity contribution in [2.75, 3.05) is 12.0 Å². The molecule has 9 rings (SSSR count). The van der Waals surface area contributed by atoms with Crippen molar-refractivity contribution in [3.05, 3.63) is 70.3 Å². The first-order valence-electron chi connectivity index (χ1n) is 18.5. The van der Waals surface area contributed by atoms with Crippen molar-refractivity contribution in [1.82, 2.24) is 14.7 Å². The van der Waals surface area contributed by atoms with Crippen molar-refractivity contribution in [2.45, 2.75) is 70.8 Å². The topological polar surface area (TPSA) is 122 Å². The average molecular weight is 753 g/mol. The smallest absolute Gasteiger partial charge is 0.242 e. The van der Waals surface area contributed by atoms with Crippen LogP contribution in [0.3, 0.4) is 0 Å². The Kier molecular flexibility index (Phi) is 7.95. The van der Waals surface area contributed by atoms with Crippen molar-refractivity contribution in [2.24, 2.45) is 36.1 Å². The van der Waals surface area contributed by atoms with Gasteiger partial charge in [-0.15, -0.1) is 11.3 Å². The molecule has 274 valence electrons. The summed E-state index contributed by atoms with van der Waals surface area (Å²) in [5.41, 5.74) is 1.61. The summed E-state index contributed by atoms with van der Waals surface area (Å²) in [6.45, 7) is 3.83. The number of thiophene rings is 1. The van der Waals surface area contributed by atoms with E-state index in [0.29, 0.717) is 28.5 Å². The molecular weight excluding hydrogens is 712 g/mol. The predicted octanol–water partition coefficient (Wildman–Crippen LogP) is 7.54. The number of methoxy groups -OCH3 is 1. The molecule has 2 saturated carbocycles. The summed E-state index contributed by atoms with van der Waals surface area (Å²) in [5, 5.41) is 18.1. The highest BCUT2D eigenvalue weighted by Crippen LogP contribution is 2.65. The molecule has 2 aliphatic heterocycles. The standard InChI is InChI=1S/C41H41ClN4O6S/c1-20-26-17-21(42)13-16-31(26)53-36(20)29-19-32(44(3)43-29)46-38(49)28-18-27-23(34(41(28,2)40(46)51)25-11-8-12-30(52-4)35(25)47)14-15-24-33(27)39(50)45(37(24)48)22-9-6-5-7-10-22/h8,11-14,16-17,19,22,24,27-28,33-34,47H,5-7,9-10,15,18H2,1-4H3. The fourth-order valence-electron chi connectivity index (χ4n) is 10.5. The molecule has 4 fully saturated rings. The molecule has 4 heterocycles. The first kappa shape index (κ1) is 34.3. The van der Waals surface area contributed by atoms with Crippen LogP contribution in [-0.2, 0) is 26.2 Å². The van der Waals surface area contributed by atoms with E-state index in [1.54, 1.807) is 52.2 Å². The summed E-state index contributed by atoms with van der Waals surface area (Å²) in [6, 6.07) is 12.6. The maximum absolute atomic E-state index is 15.1. The summed E-state index contributed by atoms with van der Waals surface area (Å²) in [7, 11) is 3.20. The summed E-state index contributed by atoms with van der Waals surface area (Å²) in [5.74, 6) is -3.74. The summed E-state index contributed by atoms with van der Waals surface area (Å²) < 4.78 is 8.15. The van der Waals surface area contributed by atoms with E-state index in [2.05, 4.69) is 0 Å². The Morgan fingerprint density at radius 2 is 1.77 bits per heavy atom. The zero-order valence-corrected chi connectivity index (χ0v) is 31.7. The van der Waals surface area contributed by atoms with E-state index < -0.39 is 40.9 Å². The van der Waals surface area contributed by atoms with Crippen LogP contribution in [0.25, 0.3) is 20.7 Å². The van der Waals surface area contributed by atoms with E-state index in [0.717, 1.165) is 58.2 Å². The molecule has 6 atom stereocenters. The Labute approximate surface area is 316 Å². The average Bonchev–Trinajstić information content (AvgIpc) is 3.82. The van der Waals surface area contributed by atoms with Crippen molar-refractivity contribution in [3.8, 4) is 22.1 Å². The van der Waals surface area contributed by atoms with Crippen molar-refractivity contribution in [1.29, 1.82) is 0 Å². The number of hydrogen-bond acceptors (Lipinski definition) is 8. The molecule has 5 aliphatic rings. The van der Waals surface area contributed by atoms with Crippen LogP contribution in [-0.4, -0.2) is 56.6 Å². The number of aryl methyl sites for hydroxylation is 2. The third-order valence-electron chi connectivity index (χ3n) is 13.0. The highest BCUT2D eigenvalue weighted by Gasteiger charge is 2.68. The van der Waals surface area contributed by atoms with Gasteiger partial charge in [0.1, 0.15) is 11.5 Å². The van der Waals surface area contributed by atoms with Crippen LogP contribution < -0.4 is 9.64 Å². The number of ether oxygens (including phenoxy) is 1. The van der Waals surface area contributed by atoms with Crippen LogP contribution in [0, 0.1) is 36.0 Å². The van der Waals surface area contributed by atoms with Crippen LogP contribution in [0.15, 0.2) is 54.1 Å². The van der Waals surface area contributed by atoms with Crippen LogP contribution in [0.5, 0.6) is 11.5 Å². The number of halogens is 1. The Morgan fingerprint density at radius 3 is 2.53 bits per heavy atom. The third kappa shape index (κ3) is 4.78. The van der Waals surface area contributed by atoms with Gasteiger partial charge >= 0.3 is 0 Å². The number of amides is 4. The van der Waals surface area contributed by atoms with Crippen LogP contribution in [0.4, 0.5) is 5.82 Å². The molecule has 0 bridgehead atoms. The molecule has 0 radical (unpaired) electrons. The molecule has 2 saturated heterocycles. The number of imide groups is 2. The van der Waals surface area contributed by atoms with Gasteiger partial charge in [-0.25, -0.2) is 4.90 Å². The van der Waals surface area contributed by atoms with Gasteiger partial charge in [-0.1, -0.05) is 54.6 Å². The zero-order chi connectivity index (χ0) is 37.1. The number of para-hydroxylation sites is 1. The lowest BCUT2D eigenvalue weighted by Crippen LogP contribution is -2.49. The van der Waals surface area contributed by atoms with E-state index in [1.807, 2.05) is 38.1 Å². The Morgan fingerprint density at radius 1 is 1.00 bits per heavy atom. The number of likely N-dealkylation sites (tertiary alicyclic amines) is 1. The number of hydrogen-bond donors (Lipinski definition) is 1. The highest BCUT2D eigenvalue weighted by molar-refractivity contribution is 7.22. The second-order valence-corrected chi connectivity index (χ2v) is 17.1. The number of fused-ring (bicyclic) bond motifs is 5. The number of allylic oxidation sites excluding steroid dienone is 2. The highest BCUT2D eigenvalue weighted by atomic mass is 35.5. The minimum atomic E-state index is -1.32. The van der Waals surface area contributed by atoms with E-state index in [4.69, 9.17) is 21.4 Å². The maximum atomic E-state index is 15.1. The van der Waals surface area contributed by atoms with Gasteiger partial charge in [0.15, 0.2) is 11.5 Å². The number of rotatable bonds is 5. The maximum Gasteiger partial charge on any atom is 0.242 e. The monoisotopic (exact) mass is 752 g/mol. The van der Waals surface area contributed by atoms with Gasteiger partial charge in [0, 0.05) is 40.4 Å². The molecule has 4 amide bonds. The lowest BCUT2D eigenvalue weighted by molar-refractivity contribution is -0.144. The first-order valence-corrected chi connectivity index (χ1v) is 19.7. The number of nitrogens with zero attached hydrogens (tertiary/aromatic N) is 4. The van der Waals surface area contributed by atoms with E-state index >= 15 is 4.79 Å². The minimum Gasteiger partial charge on any atom is -0.504 e. The molecular formula is C41H41ClN4O6S. The van der Waals surface area contributed by atoms with Gasteiger partial charge in [0.2, 0.25) is 23.6 Å². The molecule has 2 aromatic heterocycles. The second kappa shape index (κ2) is 12.3. The lowest BCUT2D eigenvalue weighted by atomic mass is 9.51. The number of anilines is 1. The van der Waals surface area contributed by atoms with Crippen LogP contribution in [0.1, 0.15) is 68.9 Å². The molecule has 53 heavy (non-hydrogen) atoms. The Hall–Kier alpha value is -4.48. The van der Waals surface area contributed by atoms with Crippen molar-refractivity contribution in [3.63, 3.8) is 0 Å². The lowest BCUT2D eigenvalue weighted by Gasteiger charge is -2.49. The second-order valence-electron chi connectivity index (χ2n) is 15.6. The number of aromatic hydroxyl groups is 1. The SMILES string of the molecule is COc1cccc(C2C3=CCC4C(=O)N(C5CCCCC5)C(=O)C4C3CC3C(=O)N(c4cc(-c5sc6ccc(Cl)cc6c5C)nn4C)C(=O)C32C)c1O. The predicted molar refractivity (Wildman–Crippen MR) is 202 cm³/mol.